The molecular weight excluding hydrogens is 98.1 g/mol. The van der Waals surface area contributed by atoms with Crippen molar-refractivity contribution in [2.45, 2.75) is 33.7 Å². The summed E-state index contributed by atoms with van der Waals surface area (Å²) in [5.74, 6) is 0. The molecule has 0 aromatic heterocycles. The molecule has 1 heterocycles. The third-order valence-corrected chi connectivity index (χ3v) is 1.40. The van der Waals surface area contributed by atoms with E-state index in [1.54, 1.807) is 0 Å². The summed E-state index contributed by atoms with van der Waals surface area (Å²) in [5.41, 5.74) is 0.444. The molecule has 0 amide bonds. The first-order valence-electron chi connectivity index (χ1n) is 2.86. The lowest BCUT2D eigenvalue weighted by Gasteiger charge is -2.18. The molecule has 1 aliphatic heterocycles. The molecule has 1 heteroatoms. The van der Waals surface area contributed by atoms with Crippen LogP contribution < -0.4 is 0 Å². The predicted molar refractivity (Wildman–Crippen MR) is 38.1 cm³/mol. The zero-order valence-corrected chi connectivity index (χ0v) is 5.36. The van der Waals surface area contributed by atoms with Crippen LogP contribution in [0.1, 0.15) is 28.2 Å². The molecule has 0 aromatic carbocycles. The van der Waals surface area contributed by atoms with Gasteiger partial charge in [0.25, 0.3) is 0 Å². The van der Waals surface area contributed by atoms with Gasteiger partial charge in [0.1, 0.15) is 0 Å². The quantitative estimate of drug-likeness (QED) is 0.434. The average molecular weight is 115 g/mol. The Hall–Kier alpha value is -0.0400. The minimum atomic E-state index is 0. The Morgan fingerprint density at radius 2 is 1.50 bits per heavy atom. The second-order valence-corrected chi connectivity index (χ2v) is 3.16. The van der Waals surface area contributed by atoms with Crippen molar-refractivity contribution in [2.75, 3.05) is 13.1 Å². The zero-order chi connectivity index (χ0) is 5.49. The molecule has 50 valence electrons. The van der Waals surface area contributed by atoms with Crippen LogP contribution in [0.5, 0.6) is 0 Å². The molecule has 1 nitrogen and oxygen atoms in total. The van der Waals surface area contributed by atoms with Crippen molar-refractivity contribution in [3.8, 4) is 0 Å². The Balaban J connectivity index is 0.000000490. The molecule has 1 saturated heterocycles. The van der Waals surface area contributed by atoms with E-state index in [0.717, 1.165) is 0 Å². The molecule has 1 rings (SSSR count). The van der Waals surface area contributed by atoms with Gasteiger partial charge in [-0.3, -0.25) is 4.90 Å². The fourth-order valence-electron chi connectivity index (χ4n) is 0.721. The number of rotatable bonds is 0. The van der Waals surface area contributed by atoms with Gasteiger partial charge in [0, 0.05) is 18.6 Å². The van der Waals surface area contributed by atoms with E-state index in [9.17, 15) is 0 Å². The van der Waals surface area contributed by atoms with Crippen LogP contribution >= 0.6 is 0 Å². The molecule has 1 fully saturated rings. The second-order valence-electron chi connectivity index (χ2n) is 3.16. The fraction of sp³-hybridized carbons (Fsp3) is 1.00. The van der Waals surface area contributed by atoms with Crippen molar-refractivity contribution in [3.63, 3.8) is 0 Å². The minimum absolute atomic E-state index is 0. The lowest BCUT2D eigenvalue weighted by atomic mass is 10.1. The zero-order valence-electron chi connectivity index (χ0n) is 5.36. The van der Waals surface area contributed by atoms with Gasteiger partial charge in [-0.1, -0.05) is 7.43 Å². The first-order valence-corrected chi connectivity index (χ1v) is 2.86. The largest absolute Gasteiger partial charge is 0.296 e. The number of hydrogen-bond donors (Lipinski definition) is 0. The van der Waals surface area contributed by atoms with E-state index >= 15 is 0 Å². The summed E-state index contributed by atoms with van der Waals surface area (Å²) in [5, 5.41) is 0. The molecule has 0 atom stereocenters. The van der Waals surface area contributed by atoms with Crippen LogP contribution in [0, 0.1) is 0 Å². The Kier molecular flexibility index (Phi) is 2.05. The molecular formula is C7H17N. The minimum Gasteiger partial charge on any atom is -0.296 e. The third-order valence-electron chi connectivity index (χ3n) is 1.40. The highest BCUT2D eigenvalue weighted by Gasteiger charge is 2.29. The maximum Gasteiger partial charge on any atom is 0.0126 e. The predicted octanol–water partition coefficient (Wildman–Crippen LogP) is 1.74. The van der Waals surface area contributed by atoms with Crippen molar-refractivity contribution >= 4 is 0 Å². The van der Waals surface area contributed by atoms with Crippen LogP contribution in [0.25, 0.3) is 0 Å². The van der Waals surface area contributed by atoms with Gasteiger partial charge >= 0.3 is 0 Å². The Morgan fingerprint density at radius 1 is 1.12 bits per heavy atom. The maximum absolute atomic E-state index is 2.44. The van der Waals surface area contributed by atoms with Crippen LogP contribution in [0.15, 0.2) is 0 Å². The van der Waals surface area contributed by atoms with Gasteiger partial charge in [-0.15, -0.1) is 0 Å². The number of nitrogens with zero attached hydrogens (tertiary/aromatic N) is 1. The smallest absolute Gasteiger partial charge is 0.0126 e. The molecule has 0 N–H and O–H groups in total. The highest BCUT2D eigenvalue weighted by molar-refractivity contribution is 4.85. The van der Waals surface area contributed by atoms with Crippen LogP contribution in [0.2, 0.25) is 0 Å². The first-order chi connectivity index (χ1) is 3.11. The molecule has 0 aromatic rings. The normalized spacial score (nSPS) is 19.9. The first kappa shape index (κ1) is 7.96. The van der Waals surface area contributed by atoms with E-state index in [2.05, 4.69) is 25.7 Å². The fourth-order valence-corrected chi connectivity index (χ4v) is 0.721. The molecule has 0 spiro atoms. The highest BCUT2D eigenvalue weighted by Crippen LogP contribution is 2.19. The van der Waals surface area contributed by atoms with Crippen molar-refractivity contribution in [2.24, 2.45) is 0 Å². The van der Waals surface area contributed by atoms with Crippen LogP contribution in [0.3, 0.4) is 0 Å². The number of hydrogen-bond acceptors (Lipinski definition) is 1. The molecule has 0 saturated carbocycles. The highest BCUT2D eigenvalue weighted by atomic mass is 15.3. The van der Waals surface area contributed by atoms with Gasteiger partial charge in [-0.05, 0) is 20.8 Å². The summed E-state index contributed by atoms with van der Waals surface area (Å²) in [6, 6.07) is 0. The second kappa shape index (κ2) is 2.06. The topological polar surface area (TPSA) is 3.01 Å². The molecule has 8 heavy (non-hydrogen) atoms. The molecule has 0 unspecified atom stereocenters. The van der Waals surface area contributed by atoms with Crippen molar-refractivity contribution in [3.05, 3.63) is 0 Å². The van der Waals surface area contributed by atoms with Gasteiger partial charge in [0.05, 0.1) is 0 Å². The van der Waals surface area contributed by atoms with Crippen LogP contribution in [0.4, 0.5) is 0 Å². The van der Waals surface area contributed by atoms with E-state index in [4.69, 9.17) is 0 Å². The van der Waals surface area contributed by atoms with E-state index in [-0.39, 0.29) is 7.43 Å². The summed E-state index contributed by atoms with van der Waals surface area (Å²) in [6.07, 6.45) is 0. The summed E-state index contributed by atoms with van der Waals surface area (Å²) in [6.45, 7) is 9.37. The van der Waals surface area contributed by atoms with Crippen LogP contribution in [-0.2, 0) is 0 Å². The van der Waals surface area contributed by atoms with Crippen molar-refractivity contribution in [1.29, 1.82) is 0 Å². The third kappa shape index (κ3) is 1.83. The summed E-state index contributed by atoms with van der Waals surface area (Å²) >= 11 is 0. The summed E-state index contributed by atoms with van der Waals surface area (Å²) in [4.78, 5) is 2.44. The Morgan fingerprint density at radius 3 is 1.50 bits per heavy atom. The van der Waals surface area contributed by atoms with E-state index in [1.807, 2.05) is 0 Å². The maximum atomic E-state index is 2.44. The molecule has 1 aliphatic rings. The molecule has 0 aliphatic carbocycles. The Labute approximate surface area is 52.7 Å². The van der Waals surface area contributed by atoms with E-state index in [1.165, 1.54) is 13.1 Å². The monoisotopic (exact) mass is 115 g/mol. The summed E-state index contributed by atoms with van der Waals surface area (Å²) in [7, 11) is 0. The van der Waals surface area contributed by atoms with E-state index < -0.39 is 0 Å². The van der Waals surface area contributed by atoms with Gasteiger partial charge in [-0.25, -0.2) is 0 Å². The lowest BCUT2D eigenvalue weighted by Crippen LogP contribution is -2.25. The average Bonchev–Trinajstić information content (AvgIpc) is 1.99. The molecule has 0 radical (unpaired) electrons. The summed E-state index contributed by atoms with van der Waals surface area (Å²) < 4.78 is 0. The van der Waals surface area contributed by atoms with Gasteiger partial charge in [0.15, 0.2) is 0 Å². The SMILES string of the molecule is C.CC(C)(C)N1CC1. The van der Waals surface area contributed by atoms with Crippen molar-refractivity contribution < 1.29 is 0 Å². The standard InChI is InChI=1S/C6H13N.CH4/c1-6(2,3)7-4-5-7;/h4-5H2,1-3H3;1H4. The van der Waals surface area contributed by atoms with Gasteiger partial charge in [0.2, 0.25) is 0 Å². The Bertz CT molecular complexity index is 66.9. The van der Waals surface area contributed by atoms with Gasteiger partial charge in [-0.2, -0.15) is 0 Å². The van der Waals surface area contributed by atoms with Gasteiger partial charge < -0.3 is 0 Å². The lowest BCUT2D eigenvalue weighted by molar-refractivity contribution is 0.311. The van der Waals surface area contributed by atoms with E-state index in [0.29, 0.717) is 5.54 Å². The van der Waals surface area contributed by atoms with Crippen LogP contribution in [-0.4, -0.2) is 23.5 Å². The van der Waals surface area contributed by atoms with Crippen molar-refractivity contribution in [1.82, 2.24) is 4.90 Å². The molecule has 0 bridgehead atoms.